The number of para-hydroxylation sites is 1. The summed E-state index contributed by atoms with van der Waals surface area (Å²) in [6.45, 7) is 1.98. The summed E-state index contributed by atoms with van der Waals surface area (Å²) in [5.74, 6) is -0.444. The molecule has 0 unspecified atom stereocenters. The number of carbonyl (C=O) groups excluding carboxylic acids is 1. The summed E-state index contributed by atoms with van der Waals surface area (Å²) in [6, 6.07) is 17.8. The van der Waals surface area contributed by atoms with Crippen LogP contribution in [0.4, 0.5) is 0 Å². The van der Waals surface area contributed by atoms with Crippen LogP contribution in [-0.2, 0) is 11.2 Å². The van der Waals surface area contributed by atoms with E-state index >= 15 is 0 Å². The van der Waals surface area contributed by atoms with Gasteiger partial charge in [-0.2, -0.15) is 10.5 Å². The molecular weight excluding hydrogens is 398 g/mol. The normalized spacial score (nSPS) is 10.9. The summed E-state index contributed by atoms with van der Waals surface area (Å²) < 4.78 is 6.79. The lowest BCUT2D eigenvalue weighted by atomic mass is 10.1. The quantitative estimate of drug-likeness (QED) is 0.609. The molecule has 7 heteroatoms. The van der Waals surface area contributed by atoms with Gasteiger partial charge in [-0.05, 0) is 41.8 Å². The molecule has 0 aliphatic carbocycles. The molecule has 0 aliphatic rings. The first-order chi connectivity index (χ1) is 14.5. The molecule has 0 aliphatic heterocycles. The summed E-state index contributed by atoms with van der Waals surface area (Å²) in [7, 11) is 1.31. The summed E-state index contributed by atoms with van der Waals surface area (Å²) in [6.07, 6.45) is 2.37. The zero-order valence-electron chi connectivity index (χ0n) is 16.4. The number of thiazole rings is 1. The van der Waals surface area contributed by atoms with Crippen molar-refractivity contribution >= 4 is 29.0 Å². The Morgan fingerprint density at radius 3 is 2.40 bits per heavy atom. The lowest BCUT2D eigenvalue weighted by Crippen LogP contribution is -2.31. The molecule has 30 heavy (non-hydrogen) atoms. The summed E-state index contributed by atoms with van der Waals surface area (Å²) >= 11 is 1.09. The van der Waals surface area contributed by atoms with E-state index < -0.39 is 5.97 Å². The molecule has 2 aromatic carbocycles. The molecule has 0 spiro atoms. The Kier molecular flexibility index (Phi) is 6.26. The number of methoxy groups -OCH3 is 1. The molecule has 148 valence electrons. The fourth-order valence-corrected chi connectivity index (χ4v) is 4.05. The van der Waals surface area contributed by atoms with Gasteiger partial charge >= 0.3 is 5.97 Å². The van der Waals surface area contributed by atoms with Crippen LogP contribution in [0.3, 0.4) is 0 Å². The predicted octanol–water partition coefficient (Wildman–Crippen LogP) is 2.27. The highest BCUT2D eigenvalue weighted by Crippen LogP contribution is 2.12. The number of ether oxygens (including phenoxy) is 1. The molecule has 0 radical (unpaired) electrons. The Morgan fingerprint density at radius 1 is 1.13 bits per heavy atom. The molecule has 6 nitrogen and oxygen atoms in total. The molecule has 3 aromatic rings. The highest BCUT2D eigenvalue weighted by atomic mass is 32.1. The Bertz CT molecular complexity index is 1350. The zero-order chi connectivity index (χ0) is 21.7. The first kappa shape index (κ1) is 20.8. The first-order valence-electron chi connectivity index (χ1n) is 9.08. The van der Waals surface area contributed by atoms with Crippen LogP contribution in [0.25, 0.3) is 17.3 Å². The third-order valence-corrected chi connectivity index (χ3v) is 5.60. The van der Waals surface area contributed by atoms with Gasteiger partial charge in [0, 0.05) is 0 Å². The number of hydrogen-bond donors (Lipinski definition) is 0. The van der Waals surface area contributed by atoms with Crippen molar-refractivity contribution in [2.24, 2.45) is 0 Å². The average molecular weight is 415 g/mol. The van der Waals surface area contributed by atoms with Crippen LogP contribution in [0, 0.1) is 22.7 Å². The van der Waals surface area contributed by atoms with Crippen molar-refractivity contribution < 1.29 is 9.53 Å². The minimum Gasteiger partial charge on any atom is -0.465 e. The van der Waals surface area contributed by atoms with Crippen molar-refractivity contribution in [2.45, 2.75) is 13.3 Å². The molecule has 3 rings (SSSR count). The Labute approximate surface area is 176 Å². The van der Waals surface area contributed by atoms with E-state index in [9.17, 15) is 20.1 Å². The molecule has 0 atom stereocenters. The van der Waals surface area contributed by atoms with Gasteiger partial charge in [-0.25, -0.2) is 4.79 Å². The third-order valence-electron chi connectivity index (χ3n) is 4.50. The van der Waals surface area contributed by atoms with E-state index in [1.807, 2.05) is 37.3 Å². The van der Waals surface area contributed by atoms with Crippen molar-refractivity contribution in [1.82, 2.24) is 4.57 Å². The van der Waals surface area contributed by atoms with Crippen LogP contribution in [0.1, 0.15) is 28.4 Å². The largest absolute Gasteiger partial charge is 0.465 e. The van der Waals surface area contributed by atoms with Gasteiger partial charge in [0.05, 0.1) is 22.9 Å². The van der Waals surface area contributed by atoms with Gasteiger partial charge < -0.3 is 4.74 Å². The van der Waals surface area contributed by atoms with Gasteiger partial charge in [0.25, 0.3) is 5.56 Å². The van der Waals surface area contributed by atoms with Crippen LogP contribution < -0.4 is 14.8 Å². The zero-order valence-corrected chi connectivity index (χ0v) is 17.2. The van der Waals surface area contributed by atoms with Gasteiger partial charge in [0.15, 0.2) is 5.57 Å². The van der Waals surface area contributed by atoms with Gasteiger partial charge in [-0.15, -0.1) is 11.3 Å². The number of nitrogens with zero attached hydrogens (tertiary/aromatic N) is 3. The second-order valence-electron chi connectivity index (χ2n) is 6.25. The number of esters is 1. The minimum absolute atomic E-state index is 0.122. The lowest BCUT2D eigenvalue weighted by molar-refractivity contribution is 0.0600. The molecule has 0 bridgehead atoms. The second kappa shape index (κ2) is 9.04. The summed E-state index contributed by atoms with van der Waals surface area (Å²) in [4.78, 5) is 24.9. The van der Waals surface area contributed by atoms with Crippen molar-refractivity contribution in [1.29, 1.82) is 10.5 Å². The van der Waals surface area contributed by atoms with E-state index in [-0.39, 0.29) is 11.1 Å². The smallest absolute Gasteiger partial charge is 0.337 e. The maximum absolute atomic E-state index is 13.3. The first-order valence-corrected chi connectivity index (χ1v) is 9.90. The molecular formula is C23H17N3O3S. The Morgan fingerprint density at radius 2 is 1.80 bits per heavy atom. The van der Waals surface area contributed by atoms with E-state index in [0.717, 1.165) is 16.9 Å². The SMILES string of the molecule is CCc1ccccc1-n1c(=C(C#N)C#N)s/c(=C/c2ccc(C(=O)OC)cc2)c1=O. The number of aryl methyl sites for hydroxylation is 1. The summed E-state index contributed by atoms with van der Waals surface area (Å²) in [5.41, 5.74) is 2.27. The third kappa shape index (κ3) is 3.93. The maximum Gasteiger partial charge on any atom is 0.337 e. The highest BCUT2D eigenvalue weighted by Gasteiger charge is 2.13. The molecule has 0 saturated heterocycles. The fraction of sp³-hybridized carbons (Fsp3) is 0.130. The molecule has 1 heterocycles. The Hall–Kier alpha value is -3.94. The average Bonchev–Trinajstić information content (AvgIpc) is 3.10. The van der Waals surface area contributed by atoms with Crippen LogP contribution >= 0.6 is 11.3 Å². The van der Waals surface area contributed by atoms with Crippen molar-refractivity contribution in [3.63, 3.8) is 0 Å². The molecule has 1 aromatic heterocycles. The van der Waals surface area contributed by atoms with Crippen molar-refractivity contribution in [3.05, 3.63) is 84.8 Å². The standard InChI is InChI=1S/C23H17N3O3S/c1-3-16-6-4-5-7-19(16)26-21(27)20(30-22(26)18(13-24)14-25)12-15-8-10-17(11-9-15)23(28)29-2/h4-12H,3H2,1-2H3/b20-12+. The molecule has 0 saturated carbocycles. The van der Waals surface area contributed by atoms with Gasteiger partial charge in [0.2, 0.25) is 0 Å². The predicted molar refractivity (Wildman–Crippen MR) is 115 cm³/mol. The van der Waals surface area contributed by atoms with Crippen LogP contribution in [-0.4, -0.2) is 17.6 Å². The molecule has 0 fully saturated rings. The van der Waals surface area contributed by atoms with Gasteiger partial charge in [-0.3, -0.25) is 9.36 Å². The van der Waals surface area contributed by atoms with Crippen LogP contribution in [0.2, 0.25) is 0 Å². The topological polar surface area (TPSA) is 95.9 Å². The van der Waals surface area contributed by atoms with E-state index in [0.29, 0.717) is 32.4 Å². The van der Waals surface area contributed by atoms with E-state index in [1.165, 1.54) is 11.7 Å². The van der Waals surface area contributed by atoms with Gasteiger partial charge in [-0.1, -0.05) is 37.3 Å². The number of rotatable bonds is 4. The Balaban J connectivity index is 2.29. The maximum atomic E-state index is 13.3. The van der Waals surface area contributed by atoms with Crippen LogP contribution in [0.15, 0.2) is 53.3 Å². The number of nitriles is 2. The number of hydrogen-bond acceptors (Lipinski definition) is 6. The van der Waals surface area contributed by atoms with Gasteiger partial charge in [0.1, 0.15) is 16.8 Å². The number of benzene rings is 2. The summed E-state index contributed by atoms with van der Waals surface area (Å²) in [5, 5.41) is 18.8. The molecule has 0 N–H and O–H groups in total. The highest BCUT2D eigenvalue weighted by molar-refractivity contribution is 7.07. The minimum atomic E-state index is -0.444. The van der Waals surface area contributed by atoms with E-state index in [1.54, 1.807) is 36.4 Å². The number of aromatic nitrogens is 1. The lowest BCUT2D eigenvalue weighted by Gasteiger charge is -2.08. The number of carbonyl (C=O) groups is 1. The van der Waals surface area contributed by atoms with E-state index in [2.05, 4.69) is 0 Å². The molecule has 0 amide bonds. The van der Waals surface area contributed by atoms with Crippen molar-refractivity contribution in [2.75, 3.05) is 7.11 Å². The van der Waals surface area contributed by atoms with E-state index in [4.69, 9.17) is 4.74 Å². The second-order valence-corrected chi connectivity index (χ2v) is 7.28. The van der Waals surface area contributed by atoms with Crippen molar-refractivity contribution in [3.8, 4) is 17.8 Å². The fourth-order valence-electron chi connectivity index (χ4n) is 3.00. The monoisotopic (exact) mass is 415 g/mol. The van der Waals surface area contributed by atoms with Crippen LogP contribution in [0.5, 0.6) is 0 Å².